The fourth-order valence-corrected chi connectivity index (χ4v) is 2.61. The van der Waals surface area contributed by atoms with Gasteiger partial charge in [0.25, 0.3) is 0 Å². The molecular weight excluding hydrogens is 190 g/mol. The van der Waals surface area contributed by atoms with E-state index in [1.54, 1.807) is 6.20 Å². The van der Waals surface area contributed by atoms with Crippen LogP contribution in [-0.2, 0) is 0 Å². The van der Waals surface area contributed by atoms with Gasteiger partial charge >= 0.3 is 0 Å². The zero-order chi connectivity index (χ0) is 10.7. The smallest absolute Gasteiger partial charge is 0.0693 e. The van der Waals surface area contributed by atoms with Crippen molar-refractivity contribution in [3.63, 3.8) is 0 Å². The van der Waals surface area contributed by atoms with E-state index in [1.807, 2.05) is 10.9 Å². The van der Waals surface area contributed by atoms with Crippen molar-refractivity contribution in [3.8, 4) is 0 Å². The fraction of sp³-hybridized carbons (Fsp3) is 0.818. The molecule has 0 aliphatic heterocycles. The molecule has 3 atom stereocenters. The van der Waals surface area contributed by atoms with Crippen molar-refractivity contribution in [1.82, 2.24) is 15.0 Å². The van der Waals surface area contributed by atoms with Gasteiger partial charge in [-0.05, 0) is 31.6 Å². The van der Waals surface area contributed by atoms with Gasteiger partial charge in [-0.15, -0.1) is 5.10 Å². The van der Waals surface area contributed by atoms with Crippen LogP contribution < -0.4 is 0 Å². The Kier molecular flexibility index (Phi) is 3.36. The number of rotatable bonds is 3. The average Bonchev–Trinajstić information content (AvgIpc) is 2.74. The first-order chi connectivity index (χ1) is 7.31. The highest BCUT2D eigenvalue weighted by Crippen LogP contribution is 2.36. The molecule has 1 N–H and O–H groups in total. The van der Waals surface area contributed by atoms with Crippen molar-refractivity contribution in [3.05, 3.63) is 12.4 Å². The summed E-state index contributed by atoms with van der Waals surface area (Å²) in [5.41, 5.74) is 0. The maximum Gasteiger partial charge on any atom is 0.0693 e. The second kappa shape index (κ2) is 4.75. The van der Waals surface area contributed by atoms with Crippen molar-refractivity contribution < 1.29 is 5.11 Å². The Bertz CT molecular complexity index is 286. The van der Waals surface area contributed by atoms with Gasteiger partial charge in [0.05, 0.1) is 18.3 Å². The summed E-state index contributed by atoms with van der Waals surface area (Å²) in [6.07, 6.45) is 8.76. The van der Waals surface area contributed by atoms with Gasteiger partial charge in [-0.3, -0.25) is 0 Å². The topological polar surface area (TPSA) is 50.9 Å². The predicted octanol–water partition coefficient (Wildman–Crippen LogP) is 1.78. The molecule has 0 saturated heterocycles. The highest BCUT2D eigenvalue weighted by atomic mass is 16.3. The van der Waals surface area contributed by atoms with Gasteiger partial charge in [-0.25, -0.2) is 4.68 Å². The van der Waals surface area contributed by atoms with E-state index in [1.165, 1.54) is 12.8 Å². The van der Waals surface area contributed by atoms with E-state index < -0.39 is 0 Å². The third kappa shape index (κ3) is 2.37. The van der Waals surface area contributed by atoms with Gasteiger partial charge in [-0.1, -0.05) is 18.6 Å². The summed E-state index contributed by atoms with van der Waals surface area (Å²) in [5, 5.41) is 17.6. The van der Waals surface area contributed by atoms with Crippen LogP contribution in [0.15, 0.2) is 12.4 Å². The quantitative estimate of drug-likeness (QED) is 0.825. The summed E-state index contributed by atoms with van der Waals surface area (Å²) in [7, 11) is 0. The van der Waals surface area contributed by atoms with E-state index in [9.17, 15) is 5.11 Å². The fourth-order valence-electron chi connectivity index (χ4n) is 2.61. The monoisotopic (exact) mass is 209 g/mol. The van der Waals surface area contributed by atoms with Crippen LogP contribution in [0.1, 0.15) is 45.1 Å². The van der Waals surface area contributed by atoms with E-state index in [-0.39, 0.29) is 6.10 Å². The lowest BCUT2D eigenvalue weighted by Crippen LogP contribution is -2.30. The predicted molar refractivity (Wildman–Crippen MR) is 57.3 cm³/mol. The lowest BCUT2D eigenvalue weighted by atomic mass is 9.80. The molecule has 1 aliphatic carbocycles. The van der Waals surface area contributed by atoms with Crippen molar-refractivity contribution in [2.45, 2.75) is 51.2 Å². The molecule has 1 aliphatic rings. The standard InChI is InChI=1S/C11H19N3O/c1-2-3-9-4-5-10(15)8-11(9)14-7-6-12-13-14/h6-7,9-11,15H,2-5,8H2,1H3. The largest absolute Gasteiger partial charge is 0.393 e. The van der Waals surface area contributed by atoms with Crippen molar-refractivity contribution in [2.75, 3.05) is 0 Å². The highest BCUT2D eigenvalue weighted by molar-refractivity contribution is 4.84. The van der Waals surface area contributed by atoms with Gasteiger partial charge in [-0.2, -0.15) is 0 Å². The maximum atomic E-state index is 9.70. The number of hydrogen-bond acceptors (Lipinski definition) is 3. The second-order valence-electron chi connectivity index (χ2n) is 4.47. The van der Waals surface area contributed by atoms with E-state index in [4.69, 9.17) is 0 Å². The normalized spacial score (nSPS) is 31.7. The zero-order valence-corrected chi connectivity index (χ0v) is 9.21. The SMILES string of the molecule is CCCC1CCC(O)CC1n1ccnn1. The third-order valence-electron chi connectivity index (χ3n) is 3.37. The van der Waals surface area contributed by atoms with Crippen molar-refractivity contribution in [1.29, 1.82) is 0 Å². The summed E-state index contributed by atoms with van der Waals surface area (Å²) in [6, 6.07) is 0.344. The Morgan fingerprint density at radius 1 is 1.47 bits per heavy atom. The number of hydrogen-bond donors (Lipinski definition) is 1. The summed E-state index contributed by atoms with van der Waals surface area (Å²) < 4.78 is 1.92. The molecular formula is C11H19N3O. The molecule has 4 heteroatoms. The first-order valence-corrected chi connectivity index (χ1v) is 5.85. The van der Waals surface area contributed by atoms with Crippen LogP contribution in [-0.4, -0.2) is 26.2 Å². The molecule has 15 heavy (non-hydrogen) atoms. The zero-order valence-electron chi connectivity index (χ0n) is 9.21. The Labute approximate surface area is 90.3 Å². The Morgan fingerprint density at radius 3 is 3.00 bits per heavy atom. The summed E-state index contributed by atoms with van der Waals surface area (Å²) in [6.45, 7) is 2.21. The average molecular weight is 209 g/mol. The number of aliphatic hydroxyl groups is 1. The van der Waals surface area contributed by atoms with Gasteiger partial charge in [0.2, 0.25) is 0 Å². The lowest BCUT2D eigenvalue weighted by Gasteiger charge is -2.33. The number of aromatic nitrogens is 3. The molecule has 1 heterocycles. The van der Waals surface area contributed by atoms with Crippen LogP contribution in [0.4, 0.5) is 0 Å². The molecule has 84 valence electrons. The summed E-state index contributed by atoms with van der Waals surface area (Å²) >= 11 is 0. The van der Waals surface area contributed by atoms with E-state index >= 15 is 0 Å². The van der Waals surface area contributed by atoms with Gasteiger partial charge in [0.15, 0.2) is 0 Å². The Balaban J connectivity index is 2.09. The van der Waals surface area contributed by atoms with Crippen LogP contribution >= 0.6 is 0 Å². The molecule has 1 aromatic rings. The van der Waals surface area contributed by atoms with Gasteiger partial charge in [0, 0.05) is 6.20 Å². The molecule has 1 saturated carbocycles. The van der Waals surface area contributed by atoms with Crippen LogP contribution in [0.5, 0.6) is 0 Å². The molecule has 1 fully saturated rings. The number of nitrogens with zero attached hydrogens (tertiary/aromatic N) is 3. The van der Waals surface area contributed by atoms with Crippen LogP contribution in [0.25, 0.3) is 0 Å². The molecule has 0 amide bonds. The molecule has 0 aromatic carbocycles. The minimum absolute atomic E-state index is 0.160. The van der Waals surface area contributed by atoms with Crippen molar-refractivity contribution in [2.24, 2.45) is 5.92 Å². The van der Waals surface area contributed by atoms with Crippen LogP contribution in [0.3, 0.4) is 0 Å². The van der Waals surface area contributed by atoms with E-state index in [2.05, 4.69) is 17.2 Å². The molecule has 2 rings (SSSR count). The Morgan fingerprint density at radius 2 is 2.33 bits per heavy atom. The van der Waals surface area contributed by atoms with Gasteiger partial charge < -0.3 is 5.11 Å². The van der Waals surface area contributed by atoms with Crippen LogP contribution in [0, 0.1) is 5.92 Å². The van der Waals surface area contributed by atoms with E-state index in [0.717, 1.165) is 19.3 Å². The first-order valence-electron chi connectivity index (χ1n) is 5.85. The second-order valence-corrected chi connectivity index (χ2v) is 4.47. The minimum atomic E-state index is -0.160. The number of aliphatic hydroxyl groups excluding tert-OH is 1. The molecule has 3 unspecified atom stereocenters. The maximum absolute atomic E-state index is 9.70. The molecule has 0 bridgehead atoms. The Hall–Kier alpha value is -0.900. The first kappa shape index (κ1) is 10.6. The molecule has 0 radical (unpaired) electrons. The van der Waals surface area contributed by atoms with E-state index in [0.29, 0.717) is 12.0 Å². The molecule has 4 nitrogen and oxygen atoms in total. The van der Waals surface area contributed by atoms with Crippen molar-refractivity contribution >= 4 is 0 Å². The van der Waals surface area contributed by atoms with Crippen LogP contribution in [0.2, 0.25) is 0 Å². The minimum Gasteiger partial charge on any atom is -0.393 e. The summed E-state index contributed by atoms with van der Waals surface area (Å²) in [5.74, 6) is 0.653. The molecule has 1 aromatic heterocycles. The third-order valence-corrected chi connectivity index (χ3v) is 3.37. The lowest BCUT2D eigenvalue weighted by molar-refractivity contribution is 0.0642. The molecule has 0 spiro atoms. The van der Waals surface area contributed by atoms with Gasteiger partial charge in [0.1, 0.15) is 0 Å². The highest BCUT2D eigenvalue weighted by Gasteiger charge is 2.30. The summed E-state index contributed by atoms with van der Waals surface area (Å²) in [4.78, 5) is 0.